The van der Waals surface area contributed by atoms with Crippen LogP contribution >= 0.6 is 0 Å². The van der Waals surface area contributed by atoms with Crippen molar-refractivity contribution in [3.63, 3.8) is 0 Å². The second-order valence-corrected chi connectivity index (χ2v) is 5.30. The van der Waals surface area contributed by atoms with Crippen molar-refractivity contribution in [2.75, 3.05) is 25.1 Å². The van der Waals surface area contributed by atoms with E-state index in [2.05, 4.69) is 5.32 Å². The summed E-state index contributed by atoms with van der Waals surface area (Å²) in [5.41, 5.74) is 0. The number of aliphatic hydroxyl groups excluding tert-OH is 1. The van der Waals surface area contributed by atoms with Crippen LogP contribution in [0.5, 0.6) is 0 Å². The molecule has 0 heterocycles. The molecule has 74 valence electrons. The highest BCUT2D eigenvalue weighted by atomic mass is 32.2. The van der Waals surface area contributed by atoms with E-state index in [9.17, 15) is 8.42 Å². The number of hydrogen-bond acceptors (Lipinski definition) is 4. The first kappa shape index (κ1) is 11.9. The molecule has 0 saturated heterocycles. The van der Waals surface area contributed by atoms with E-state index < -0.39 is 9.84 Å². The molecule has 0 unspecified atom stereocenters. The van der Waals surface area contributed by atoms with Crippen LogP contribution in [0.1, 0.15) is 13.3 Å². The molecule has 12 heavy (non-hydrogen) atoms. The van der Waals surface area contributed by atoms with E-state index in [1.165, 1.54) is 6.26 Å². The van der Waals surface area contributed by atoms with Crippen molar-refractivity contribution in [1.29, 1.82) is 0 Å². The Balaban J connectivity index is 3.23. The van der Waals surface area contributed by atoms with Crippen LogP contribution in [-0.2, 0) is 9.84 Å². The van der Waals surface area contributed by atoms with Gasteiger partial charge >= 0.3 is 0 Å². The van der Waals surface area contributed by atoms with E-state index in [1.807, 2.05) is 0 Å². The molecule has 0 aromatic heterocycles. The summed E-state index contributed by atoms with van der Waals surface area (Å²) in [6, 6.07) is 0. The van der Waals surface area contributed by atoms with Gasteiger partial charge in [-0.25, -0.2) is 8.42 Å². The average Bonchev–Trinajstić information content (AvgIpc) is 1.83. The Hall–Kier alpha value is -0.130. The highest BCUT2D eigenvalue weighted by Gasteiger charge is 2.00. The maximum Gasteiger partial charge on any atom is 0.147 e. The minimum Gasteiger partial charge on any atom is -0.392 e. The molecule has 0 aliphatic carbocycles. The van der Waals surface area contributed by atoms with Crippen molar-refractivity contribution < 1.29 is 13.5 Å². The van der Waals surface area contributed by atoms with Gasteiger partial charge in [0.15, 0.2) is 0 Å². The van der Waals surface area contributed by atoms with Gasteiger partial charge in [0.05, 0.1) is 11.9 Å². The highest BCUT2D eigenvalue weighted by molar-refractivity contribution is 7.90. The minimum absolute atomic E-state index is 0.208. The molecule has 4 nitrogen and oxygen atoms in total. The van der Waals surface area contributed by atoms with E-state index in [0.717, 1.165) is 0 Å². The number of aliphatic hydroxyl groups is 1. The van der Waals surface area contributed by atoms with Gasteiger partial charge in [-0.1, -0.05) is 0 Å². The number of nitrogens with one attached hydrogen (secondary N) is 1. The molecule has 0 saturated carbocycles. The van der Waals surface area contributed by atoms with Crippen molar-refractivity contribution in [3.05, 3.63) is 0 Å². The van der Waals surface area contributed by atoms with E-state index in [0.29, 0.717) is 19.5 Å². The van der Waals surface area contributed by atoms with Gasteiger partial charge in [0.1, 0.15) is 9.84 Å². The lowest BCUT2D eigenvalue weighted by Crippen LogP contribution is -2.26. The Labute approximate surface area is 73.9 Å². The quantitative estimate of drug-likeness (QED) is 0.555. The molecule has 2 N–H and O–H groups in total. The van der Waals surface area contributed by atoms with Gasteiger partial charge in [0, 0.05) is 12.8 Å². The Bertz CT molecular complexity index is 199. The fraction of sp³-hybridized carbons (Fsp3) is 1.00. The van der Waals surface area contributed by atoms with Gasteiger partial charge < -0.3 is 10.4 Å². The lowest BCUT2D eigenvalue weighted by atomic mass is 10.4. The first-order valence-electron chi connectivity index (χ1n) is 3.98. The normalized spacial score (nSPS) is 14.6. The largest absolute Gasteiger partial charge is 0.392 e. The molecule has 0 aliphatic heterocycles. The summed E-state index contributed by atoms with van der Waals surface area (Å²) >= 11 is 0. The van der Waals surface area contributed by atoms with Crippen LogP contribution in [0.4, 0.5) is 0 Å². The summed E-state index contributed by atoms with van der Waals surface area (Å²) in [6.45, 7) is 2.84. The fourth-order valence-electron chi connectivity index (χ4n) is 0.770. The molecular formula is C7H17NO3S. The zero-order chi connectivity index (χ0) is 9.61. The van der Waals surface area contributed by atoms with Gasteiger partial charge in [0.2, 0.25) is 0 Å². The van der Waals surface area contributed by atoms with Crippen molar-refractivity contribution in [1.82, 2.24) is 5.32 Å². The molecule has 0 spiro atoms. The monoisotopic (exact) mass is 195 g/mol. The van der Waals surface area contributed by atoms with Gasteiger partial charge in [-0.3, -0.25) is 0 Å². The Kier molecular flexibility index (Phi) is 5.44. The van der Waals surface area contributed by atoms with E-state index in [4.69, 9.17) is 5.11 Å². The average molecular weight is 195 g/mol. The molecule has 5 heteroatoms. The van der Waals surface area contributed by atoms with Gasteiger partial charge in [-0.15, -0.1) is 0 Å². The lowest BCUT2D eigenvalue weighted by molar-refractivity contribution is 0.191. The number of hydrogen-bond donors (Lipinski definition) is 2. The van der Waals surface area contributed by atoms with Gasteiger partial charge in [0.25, 0.3) is 0 Å². The maximum atomic E-state index is 10.7. The number of sulfone groups is 1. The molecule has 0 aromatic carbocycles. The minimum atomic E-state index is -2.83. The molecule has 0 bridgehead atoms. The summed E-state index contributed by atoms with van der Waals surface area (Å²) < 4.78 is 21.3. The third kappa shape index (κ3) is 9.87. The van der Waals surface area contributed by atoms with E-state index >= 15 is 0 Å². The third-order valence-corrected chi connectivity index (χ3v) is 2.34. The summed E-state index contributed by atoms with van der Waals surface area (Å²) in [5.74, 6) is 0.208. The third-order valence-electron chi connectivity index (χ3n) is 1.31. The topological polar surface area (TPSA) is 66.4 Å². The van der Waals surface area contributed by atoms with Crippen molar-refractivity contribution in [2.24, 2.45) is 0 Å². The van der Waals surface area contributed by atoms with E-state index in [-0.39, 0.29) is 11.9 Å². The van der Waals surface area contributed by atoms with Gasteiger partial charge in [-0.05, 0) is 19.9 Å². The fourth-order valence-corrected chi connectivity index (χ4v) is 1.44. The molecular weight excluding hydrogens is 178 g/mol. The van der Waals surface area contributed by atoms with Crippen molar-refractivity contribution >= 4 is 9.84 Å². The molecule has 1 atom stereocenters. The predicted octanol–water partition coefficient (Wildman–Crippen LogP) is -0.608. The Morgan fingerprint density at radius 1 is 1.50 bits per heavy atom. The van der Waals surface area contributed by atoms with Crippen LogP contribution < -0.4 is 5.32 Å². The smallest absolute Gasteiger partial charge is 0.147 e. The summed E-state index contributed by atoms with van der Waals surface area (Å²) in [7, 11) is -2.83. The number of rotatable bonds is 6. The molecule has 0 amide bonds. The lowest BCUT2D eigenvalue weighted by Gasteiger charge is -2.05. The molecule has 0 radical (unpaired) electrons. The predicted molar refractivity (Wildman–Crippen MR) is 48.9 cm³/mol. The van der Waals surface area contributed by atoms with E-state index in [1.54, 1.807) is 6.92 Å². The van der Waals surface area contributed by atoms with Crippen LogP contribution in [0.15, 0.2) is 0 Å². The molecule has 0 aromatic rings. The summed E-state index contributed by atoms with van der Waals surface area (Å²) in [4.78, 5) is 0. The second kappa shape index (κ2) is 5.50. The summed E-state index contributed by atoms with van der Waals surface area (Å²) in [6.07, 6.45) is 1.45. The maximum absolute atomic E-state index is 10.7. The highest BCUT2D eigenvalue weighted by Crippen LogP contribution is 1.86. The first-order valence-corrected chi connectivity index (χ1v) is 6.04. The van der Waals surface area contributed by atoms with Crippen LogP contribution in [0.3, 0.4) is 0 Å². The van der Waals surface area contributed by atoms with Crippen LogP contribution in [0.2, 0.25) is 0 Å². The zero-order valence-electron chi connectivity index (χ0n) is 7.58. The second-order valence-electron chi connectivity index (χ2n) is 3.04. The van der Waals surface area contributed by atoms with Crippen LogP contribution in [0.25, 0.3) is 0 Å². The Morgan fingerprint density at radius 3 is 2.50 bits per heavy atom. The Morgan fingerprint density at radius 2 is 2.08 bits per heavy atom. The summed E-state index contributed by atoms with van der Waals surface area (Å²) in [5, 5.41) is 11.8. The van der Waals surface area contributed by atoms with Crippen LogP contribution in [-0.4, -0.2) is 44.7 Å². The zero-order valence-corrected chi connectivity index (χ0v) is 8.39. The molecule has 0 rings (SSSR count). The first-order chi connectivity index (χ1) is 5.42. The standard InChI is InChI=1S/C7H17NO3S/c1-7(9)6-8-4-3-5-12(2,10)11/h7-9H,3-6H2,1-2H3/t7-/m0/s1. The van der Waals surface area contributed by atoms with Crippen molar-refractivity contribution in [2.45, 2.75) is 19.4 Å². The van der Waals surface area contributed by atoms with Crippen molar-refractivity contribution in [3.8, 4) is 0 Å². The molecule has 0 fully saturated rings. The van der Waals surface area contributed by atoms with Crippen LogP contribution in [0, 0.1) is 0 Å². The SMILES string of the molecule is C[C@H](O)CNCCCS(C)(=O)=O. The molecule has 0 aliphatic rings. The van der Waals surface area contributed by atoms with Gasteiger partial charge in [-0.2, -0.15) is 0 Å².